The number of anilines is 1. The molecule has 0 aliphatic carbocycles. The van der Waals surface area contributed by atoms with E-state index in [1.165, 1.54) is 12.1 Å². The standard InChI is InChI=1S/C22H23F3N4O3/c23-22(24,25)21(30)17-4-2-1-3-16(17)15-9-18-20(27-32-26-18)19(10-15)29-12-14(13-29)11-28-5-7-31-8-6-28/h1-4,9-10,14,21,30H,5-8,11-13H2. The van der Waals surface area contributed by atoms with Gasteiger partial charge < -0.3 is 14.7 Å². The minimum Gasteiger partial charge on any atom is -0.379 e. The minimum atomic E-state index is -4.76. The number of halogens is 3. The Kier molecular flexibility index (Phi) is 5.52. The molecule has 170 valence electrons. The van der Waals surface area contributed by atoms with Crippen LogP contribution < -0.4 is 4.90 Å². The highest BCUT2D eigenvalue weighted by molar-refractivity contribution is 5.93. The summed E-state index contributed by atoms with van der Waals surface area (Å²) in [5, 5.41) is 17.8. The van der Waals surface area contributed by atoms with E-state index in [1.807, 2.05) is 0 Å². The van der Waals surface area contributed by atoms with Gasteiger partial charge in [0.2, 0.25) is 0 Å². The van der Waals surface area contributed by atoms with Gasteiger partial charge in [0, 0.05) is 38.6 Å². The van der Waals surface area contributed by atoms with Crippen molar-refractivity contribution >= 4 is 16.7 Å². The van der Waals surface area contributed by atoms with Crippen LogP contribution in [0.3, 0.4) is 0 Å². The van der Waals surface area contributed by atoms with Crippen molar-refractivity contribution in [2.45, 2.75) is 12.3 Å². The molecular formula is C22H23F3N4O3. The van der Waals surface area contributed by atoms with Crippen LogP contribution in [0.15, 0.2) is 41.0 Å². The second kappa shape index (κ2) is 8.34. The van der Waals surface area contributed by atoms with Crippen molar-refractivity contribution in [2.75, 3.05) is 50.8 Å². The smallest absolute Gasteiger partial charge is 0.379 e. The Labute approximate surface area is 182 Å². The summed E-state index contributed by atoms with van der Waals surface area (Å²) < 4.78 is 50.0. The number of aromatic nitrogens is 2. The molecule has 5 rings (SSSR count). The minimum absolute atomic E-state index is 0.199. The predicted molar refractivity (Wildman–Crippen MR) is 111 cm³/mol. The Hall–Kier alpha value is -2.69. The Morgan fingerprint density at radius 3 is 2.59 bits per heavy atom. The molecule has 7 nitrogen and oxygen atoms in total. The van der Waals surface area contributed by atoms with E-state index < -0.39 is 12.3 Å². The first-order valence-electron chi connectivity index (χ1n) is 10.6. The third-order valence-corrected chi connectivity index (χ3v) is 6.14. The highest BCUT2D eigenvalue weighted by Gasteiger charge is 2.40. The molecule has 0 saturated carbocycles. The molecule has 0 amide bonds. The van der Waals surface area contributed by atoms with Crippen molar-refractivity contribution in [3.05, 3.63) is 42.0 Å². The Bertz CT molecular complexity index is 1090. The van der Waals surface area contributed by atoms with Crippen LogP contribution in [-0.4, -0.2) is 72.4 Å². The lowest BCUT2D eigenvalue weighted by Gasteiger charge is -2.43. The zero-order valence-corrected chi connectivity index (χ0v) is 17.3. The van der Waals surface area contributed by atoms with Gasteiger partial charge in [-0.3, -0.25) is 4.90 Å². The largest absolute Gasteiger partial charge is 0.418 e. The maximum atomic E-state index is 13.2. The van der Waals surface area contributed by atoms with Gasteiger partial charge in [0.1, 0.15) is 5.52 Å². The summed E-state index contributed by atoms with van der Waals surface area (Å²) in [4.78, 5) is 4.54. The van der Waals surface area contributed by atoms with Gasteiger partial charge in [0.15, 0.2) is 11.6 Å². The van der Waals surface area contributed by atoms with Crippen LogP contribution in [0.5, 0.6) is 0 Å². The van der Waals surface area contributed by atoms with Crippen molar-refractivity contribution in [1.29, 1.82) is 0 Å². The molecular weight excluding hydrogens is 425 g/mol. The normalized spacial score (nSPS) is 19.3. The topological polar surface area (TPSA) is 74.9 Å². The number of fused-ring (bicyclic) bond motifs is 1. The summed E-state index contributed by atoms with van der Waals surface area (Å²) in [5.41, 5.74) is 2.44. The van der Waals surface area contributed by atoms with Gasteiger partial charge in [0.05, 0.1) is 18.9 Å². The van der Waals surface area contributed by atoms with E-state index in [4.69, 9.17) is 9.37 Å². The molecule has 32 heavy (non-hydrogen) atoms. The molecule has 2 fully saturated rings. The van der Waals surface area contributed by atoms with Gasteiger partial charge >= 0.3 is 6.18 Å². The molecule has 1 unspecified atom stereocenters. The molecule has 0 radical (unpaired) electrons. The maximum absolute atomic E-state index is 13.2. The summed E-state index contributed by atoms with van der Waals surface area (Å²) in [6, 6.07) is 9.44. The number of ether oxygens (including phenoxy) is 1. The lowest BCUT2D eigenvalue weighted by Crippen LogP contribution is -2.53. The number of nitrogens with zero attached hydrogens (tertiary/aromatic N) is 4. The molecule has 3 aromatic rings. The fourth-order valence-corrected chi connectivity index (χ4v) is 4.47. The summed E-state index contributed by atoms with van der Waals surface area (Å²) in [7, 11) is 0. The average Bonchev–Trinajstić information content (AvgIpc) is 3.24. The SMILES string of the molecule is OC(c1ccccc1-c1cc(N2CC(CN3CCOCC3)C2)c2nonc2c1)C(F)(F)F. The van der Waals surface area contributed by atoms with Crippen LogP contribution in [0.1, 0.15) is 11.7 Å². The second-order valence-electron chi connectivity index (χ2n) is 8.34. The van der Waals surface area contributed by atoms with Gasteiger partial charge in [-0.25, -0.2) is 4.63 Å². The highest BCUT2D eigenvalue weighted by atomic mass is 19.4. The molecule has 2 aromatic carbocycles. The molecule has 1 atom stereocenters. The summed E-state index contributed by atoms with van der Waals surface area (Å²) in [6.07, 6.45) is -7.34. The van der Waals surface area contributed by atoms with Gasteiger partial charge in [0.25, 0.3) is 0 Å². The molecule has 10 heteroatoms. The predicted octanol–water partition coefficient (Wildman–Crippen LogP) is 3.25. The first-order chi connectivity index (χ1) is 15.4. The third kappa shape index (κ3) is 4.05. The third-order valence-electron chi connectivity index (χ3n) is 6.14. The molecule has 1 N–H and O–H groups in total. The van der Waals surface area contributed by atoms with Crippen LogP contribution in [-0.2, 0) is 4.74 Å². The van der Waals surface area contributed by atoms with Gasteiger partial charge in [-0.05, 0) is 39.1 Å². The van der Waals surface area contributed by atoms with Crippen LogP contribution in [0.4, 0.5) is 18.9 Å². The van der Waals surface area contributed by atoms with Crippen LogP contribution in [0.25, 0.3) is 22.2 Å². The van der Waals surface area contributed by atoms with E-state index >= 15 is 0 Å². The van der Waals surface area contributed by atoms with E-state index in [-0.39, 0.29) is 5.56 Å². The first kappa shape index (κ1) is 21.2. The number of alkyl halides is 3. The number of hydrogen-bond acceptors (Lipinski definition) is 7. The van der Waals surface area contributed by atoms with Gasteiger partial charge in [-0.2, -0.15) is 13.2 Å². The van der Waals surface area contributed by atoms with Gasteiger partial charge in [-0.1, -0.05) is 24.3 Å². The number of aliphatic hydroxyl groups excluding tert-OH is 1. The van der Waals surface area contributed by atoms with Crippen molar-refractivity contribution in [3.8, 4) is 11.1 Å². The summed E-state index contributed by atoms with van der Waals surface area (Å²) in [5.74, 6) is 0.492. The Balaban J connectivity index is 1.43. The molecule has 0 spiro atoms. The maximum Gasteiger partial charge on any atom is 0.418 e. The lowest BCUT2D eigenvalue weighted by atomic mass is 9.93. The number of hydrogen-bond donors (Lipinski definition) is 1. The molecule has 2 saturated heterocycles. The highest BCUT2D eigenvalue weighted by Crippen LogP contribution is 2.40. The van der Waals surface area contributed by atoms with Crippen molar-refractivity contribution < 1.29 is 27.6 Å². The van der Waals surface area contributed by atoms with Crippen LogP contribution in [0.2, 0.25) is 0 Å². The van der Waals surface area contributed by atoms with Crippen LogP contribution >= 0.6 is 0 Å². The Morgan fingerprint density at radius 1 is 1.09 bits per heavy atom. The zero-order valence-electron chi connectivity index (χ0n) is 17.3. The van der Waals surface area contributed by atoms with Crippen LogP contribution in [0, 0.1) is 5.92 Å². The second-order valence-corrected chi connectivity index (χ2v) is 8.34. The summed E-state index contributed by atoms with van der Waals surface area (Å²) in [6.45, 7) is 5.99. The fourth-order valence-electron chi connectivity index (χ4n) is 4.47. The fraction of sp³-hybridized carbons (Fsp3) is 0.455. The quantitative estimate of drug-likeness (QED) is 0.642. The number of rotatable bonds is 5. The lowest BCUT2D eigenvalue weighted by molar-refractivity contribution is -0.206. The van der Waals surface area contributed by atoms with Gasteiger partial charge in [-0.15, -0.1) is 0 Å². The molecule has 0 bridgehead atoms. The average molecular weight is 448 g/mol. The molecule has 3 heterocycles. The molecule has 1 aromatic heterocycles. The molecule has 2 aliphatic rings. The summed E-state index contributed by atoms with van der Waals surface area (Å²) >= 11 is 0. The zero-order chi connectivity index (χ0) is 22.3. The van der Waals surface area contributed by atoms with E-state index in [0.717, 1.165) is 51.6 Å². The number of morpholine rings is 1. The number of benzene rings is 2. The van der Waals surface area contributed by atoms with Crippen molar-refractivity contribution in [2.24, 2.45) is 5.92 Å². The van der Waals surface area contributed by atoms with Crippen molar-refractivity contribution in [1.82, 2.24) is 15.2 Å². The first-order valence-corrected chi connectivity index (χ1v) is 10.6. The van der Waals surface area contributed by atoms with E-state index in [2.05, 4.69) is 20.1 Å². The Morgan fingerprint density at radius 2 is 1.84 bits per heavy atom. The van der Waals surface area contributed by atoms with E-state index in [1.54, 1.807) is 24.3 Å². The number of aliphatic hydroxyl groups is 1. The molecule has 2 aliphatic heterocycles. The monoisotopic (exact) mass is 448 g/mol. The van der Waals surface area contributed by atoms with E-state index in [0.29, 0.717) is 28.1 Å². The van der Waals surface area contributed by atoms with Crippen molar-refractivity contribution in [3.63, 3.8) is 0 Å². The van der Waals surface area contributed by atoms with E-state index in [9.17, 15) is 18.3 Å².